The van der Waals surface area contributed by atoms with Crippen molar-refractivity contribution in [2.45, 2.75) is 20.3 Å². The van der Waals surface area contributed by atoms with E-state index in [-0.39, 0.29) is 5.91 Å². The molecule has 2 heterocycles. The largest absolute Gasteiger partial charge is 0.494 e. The van der Waals surface area contributed by atoms with E-state index in [2.05, 4.69) is 23.7 Å². The summed E-state index contributed by atoms with van der Waals surface area (Å²) >= 11 is 0. The summed E-state index contributed by atoms with van der Waals surface area (Å²) in [6, 6.07) is 13.4. The summed E-state index contributed by atoms with van der Waals surface area (Å²) in [6.45, 7) is 8.10. The Balaban J connectivity index is 1.52. The predicted molar refractivity (Wildman–Crippen MR) is 104 cm³/mol. The van der Waals surface area contributed by atoms with Crippen LogP contribution in [0.4, 0.5) is 5.82 Å². The number of anilines is 1. The van der Waals surface area contributed by atoms with Crippen LogP contribution >= 0.6 is 0 Å². The van der Waals surface area contributed by atoms with Gasteiger partial charge in [-0.05, 0) is 48.7 Å². The number of amides is 1. The second-order valence-corrected chi connectivity index (χ2v) is 7.02. The number of pyridine rings is 1. The van der Waals surface area contributed by atoms with Crippen molar-refractivity contribution < 1.29 is 9.53 Å². The van der Waals surface area contributed by atoms with Crippen LogP contribution in [-0.2, 0) is 0 Å². The van der Waals surface area contributed by atoms with E-state index < -0.39 is 0 Å². The maximum atomic E-state index is 12.7. The lowest BCUT2D eigenvalue weighted by Gasteiger charge is -2.35. The molecule has 26 heavy (non-hydrogen) atoms. The minimum atomic E-state index is 0.0828. The first-order chi connectivity index (χ1) is 12.6. The SMILES string of the molecule is CC(C)CCOc1ccc(C(=O)N2CCN(c3ccccn3)CC2)cc1. The van der Waals surface area contributed by atoms with E-state index >= 15 is 0 Å². The van der Waals surface area contributed by atoms with Gasteiger partial charge in [-0.3, -0.25) is 4.79 Å². The summed E-state index contributed by atoms with van der Waals surface area (Å²) < 4.78 is 5.72. The number of hydrogen-bond acceptors (Lipinski definition) is 4. The zero-order chi connectivity index (χ0) is 18.4. The van der Waals surface area contributed by atoms with E-state index in [1.54, 1.807) is 6.20 Å². The average molecular weight is 353 g/mol. The second kappa shape index (κ2) is 8.70. The predicted octanol–water partition coefficient (Wildman–Crippen LogP) is 3.47. The van der Waals surface area contributed by atoms with Crippen molar-refractivity contribution in [2.75, 3.05) is 37.7 Å². The summed E-state index contributed by atoms with van der Waals surface area (Å²) in [4.78, 5) is 21.2. The van der Waals surface area contributed by atoms with Gasteiger partial charge in [0.15, 0.2) is 0 Å². The molecule has 1 aromatic carbocycles. The Hall–Kier alpha value is -2.56. The van der Waals surface area contributed by atoms with Gasteiger partial charge in [-0.15, -0.1) is 0 Å². The molecule has 5 heteroatoms. The Morgan fingerprint density at radius 1 is 1.08 bits per heavy atom. The Bertz CT molecular complexity index is 693. The molecule has 2 aromatic rings. The minimum absolute atomic E-state index is 0.0828. The molecule has 0 aliphatic carbocycles. The van der Waals surface area contributed by atoms with Gasteiger partial charge in [0.05, 0.1) is 6.61 Å². The highest BCUT2D eigenvalue weighted by Crippen LogP contribution is 2.17. The average Bonchev–Trinajstić information content (AvgIpc) is 2.68. The molecule has 1 fully saturated rings. The molecular formula is C21H27N3O2. The molecule has 3 rings (SSSR count). The minimum Gasteiger partial charge on any atom is -0.494 e. The third-order valence-electron chi connectivity index (χ3n) is 4.61. The van der Waals surface area contributed by atoms with Crippen molar-refractivity contribution in [2.24, 2.45) is 5.92 Å². The number of aromatic nitrogens is 1. The van der Waals surface area contributed by atoms with Gasteiger partial charge in [-0.1, -0.05) is 19.9 Å². The van der Waals surface area contributed by atoms with Gasteiger partial charge in [0, 0.05) is 37.9 Å². The Kier molecular flexibility index (Phi) is 6.10. The quantitative estimate of drug-likeness (QED) is 0.798. The topological polar surface area (TPSA) is 45.7 Å². The van der Waals surface area contributed by atoms with Gasteiger partial charge in [0.1, 0.15) is 11.6 Å². The summed E-state index contributed by atoms with van der Waals surface area (Å²) in [5.41, 5.74) is 0.715. The molecule has 1 aliphatic heterocycles. The van der Waals surface area contributed by atoms with Crippen LogP contribution in [0, 0.1) is 5.92 Å². The van der Waals surface area contributed by atoms with Crippen LogP contribution in [0.3, 0.4) is 0 Å². The lowest BCUT2D eigenvalue weighted by molar-refractivity contribution is 0.0746. The Morgan fingerprint density at radius 2 is 1.81 bits per heavy atom. The van der Waals surface area contributed by atoms with Gasteiger partial charge in [-0.25, -0.2) is 4.98 Å². The number of piperazine rings is 1. The van der Waals surface area contributed by atoms with Gasteiger partial charge in [0.2, 0.25) is 0 Å². The van der Waals surface area contributed by atoms with Gasteiger partial charge >= 0.3 is 0 Å². The molecule has 138 valence electrons. The molecule has 0 spiro atoms. The van der Waals surface area contributed by atoms with Gasteiger partial charge in [-0.2, -0.15) is 0 Å². The van der Waals surface area contributed by atoms with Crippen molar-refractivity contribution in [1.82, 2.24) is 9.88 Å². The number of rotatable bonds is 6. The number of carbonyl (C=O) groups excluding carboxylic acids is 1. The third-order valence-corrected chi connectivity index (χ3v) is 4.61. The summed E-state index contributed by atoms with van der Waals surface area (Å²) in [6.07, 6.45) is 2.83. The van der Waals surface area contributed by atoms with E-state index in [0.29, 0.717) is 31.2 Å². The summed E-state index contributed by atoms with van der Waals surface area (Å²) in [5, 5.41) is 0. The Morgan fingerprint density at radius 3 is 2.42 bits per heavy atom. The lowest BCUT2D eigenvalue weighted by atomic mass is 10.1. The number of carbonyl (C=O) groups is 1. The second-order valence-electron chi connectivity index (χ2n) is 7.02. The lowest BCUT2D eigenvalue weighted by Crippen LogP contribution is -2.49. The highest BCUT2D eigenvalue weighted by Gasteiger charge is 2.22. The molecule has 1 amide bonds. The maximum absolute atomic E-state index is 12.7. The van der Waals surface area contributed by atoms with Crippen LogP contribution in [0.1, 0.15) is 30.6 Å². The number of nitrogens with zero attached hydrogens (tertiary/aromatic N) is 3. The molecule has 1 aliphatic rings. The number of ether oxygens (including phenoxy) is 1. The van der Waals surface area contributed by atoms with Crippen LogP contribution in [0.15, 0.2) is 48.7 Å². The third kappa shape index (κ3) is 4.75. The van der Waals surface area contributed by atoms with E-state index in [9.17, 15) is 4.79 Å². The molecule has 0 N–H and O–H groups in total. The van der Waals surface area contributed by atoms with E-state index in [4.69, 9.17) is 4.74 Å². The van der Waals surface area contributed by atoms with Crippen LogP contribution in [0.25, 0.3) is 0 Å². The van der Waals surface area contributed by atoms with Gasteiger partial charge in [0.25, 0.3) is 5.91 Å². The van der Waals surface area contributed by atoms with E-state index in [1.165, 1.54) is 0 Å². The zero-order valence-electron chi connectivity index (χ0n) is 15.6. The van der Waals surface area contributed by atoms with Gasteiger partial charge < -0.3 is 14.5 Å². The van der Waals surface area contributed by atoms with Crippen LogP contribution in [0.5, 0.6) is 5.75 Å². The fourth-order valence-corrected chi connectivity index (χ4v) is 2.97. The zero-order valence-corrected chi connectivity index (χ0v) is 15.6. The molecule has 0 bridgehead atoms. The van der Waals surface area contributed by atoms with Crippen molar-refractivity contribution in [3.8, 4) is 5.75 Å². The van der Waals surface area contributed by atoms with Crippen molar-refractivity contribution in [3.05, 3.63) is 54.2 Å². The van der Waals surface area contributed by atoms with Crippen LogP contribution < -0.4 is 9.64 Å². The van der Waals surface area contributed by atoms with Crippen molar-refractivity contribution in [3.63, 3.8) is 0 Å². The molecule has 0 saturated carbocycles. The molecule has 1 saturated heterocycles. The fourth-order valence-electron chi connectivity index (χ4n) is 2.97. The molecular weight excluding hydrogens is 326 g/mol. The standard InChI is InChI=1S/C21H27N3O2/c1-17(2)10-16-26-19-8-6-18(7-9-19)21(25)24-14-12-23(13-15-24)20-5-3-4-11-22-20/h3-9,11,17H,10,12-16H2,1-2H3. The summed E-state index contributed by atoms with van der Waals surface area (Å²) in [5.74, 6) is 2.50. The molecule has 1 aromatic heterocycles. The smallest absolute Gasteiger partial charge is 0.253 e. The Labute approximate surface area is 155 Å². The van der Waals surface area contributed by atoms with E-state index in [1.807, 2.05) is 47.4 Å². The molecule has 0 unspecified atom stereocenters. The van der Waals surface area contributed by atoms with Crippen molar-refractivity contribution >= 4 is 11.7 Å². The molecule has 0 atom stereocenters. The fraction of sp³-hybridized carbons (Fsp3) is 0.429. The number of hydrogen-bond donors (Lipinski definition) is 0. The molecule has 5 nitrogen and oxygen atoms in total. The summed E-state index contributed by atoms with van der Waals surface area (Å²) in [7, 11) is 0. The molecule has 0 radical (unpaired) electrons. The van der Waals surface area contributed by atoms with Crippen molar-refractivity contribution in [1.29, 1.82) is 0 Å². The van der Waals surface area contributed by atoms with Crippen LogP contribution in [-0.4, -0.2) is 48.6 Å². The first-order valence-electron chi connectivity index (χ1n) is 9.31. The first kappa shape index (κ1) is 18.2. The normalized spacial score (nSPS) is 14.6. The maximum Gasteiger partial charge on any atom is 0.253 e. The number of benzene rings is 1. The van der Waals surface area contributed by atoms with Crippen LogP contribution in [0.2, 0.25) is 0 Å². The highest BCUT2D eigenvalue weighted by molar-refractivity contribution is 5.94. The van der Waals surface area contributed by atoms with E-state index in [0.717, 1.165) is 31.1 Å². The monoisotopic (exact) mass is 353 g/mol. The highest BCUT2D eigenvalue weighted by atomic mass is 16.5. The first-order valence-corrected chi connectivity index (χ1v) is 9.31.